The van der Waals surface area contributed by atoms with E-state index in [1.165, 1.54) is 81.0 Å². The molecule has 7 fully saturated rings. The number of aliphatic hydroxyl groups excluding tert-OH is 1. The smallest absolute Gasteiger partial charge is 0.351 e. The van der Waals surface area contributed by atoms with Gasteiger partial charge in [0.15, 0.2) is 71.7 Å². The molecule has 9 unspecified atom stereocenters. The van der Waals surface area contributed by atoms with Crippen LogP contribution < -0.4 is 65.7 Å². The van der Waals surface area contributed by atoms with Crippen LogP contribution in [-0.2, 0) is 150 Å². The van der Waals surface area contributed by atoms with Crippen molar-refractivity contribution < 1.29 is 122 Å². The van der Waals surface area contributed by atoms with Gasteiger partial charge in [-0.2, -0.15) is 15.0 Å². The van der Waals surface area contributed by atoms with Gasteiger partial charge in [0.2, 0.25) is 11.9 Å². The van der Waals surface area contributed by atoms with E-state index in [-0.39, 0.29) is 114 Å². The monoisotopic (exact) mass is 1880 g/mol. The first kappa shape index (κ1) is 91.3. The molecule has 0 aliphatic carbocycles. The van der Waals surface area contributed by atoms with Crippen molar-refractivity contribution in [2.45, 2.75) is 175 Å². The summed E-state index contributed by atoms with van der Waals surface area (Å²) in [5, 5.41) is 11.9. The van der Waals surface area contributed by atoms with Gasteiger partial charge in [-0.3, -0.25) is 56.7 Å². The van der Waals surface area contributed by atoms with Crippen molar-refractivity contribution >= 4 is 132 Å². The Hall–Kier alpha value is -6.46. The molecule has 123 heavy (non-hydrogen) atoms. The second-order valence-electron chi connectivity index (χ2n) is 29.2. The maximum Gasteiger partial charge on any atom is 0.351 e. The molecule has 0 saturated carbocycles. The van der Waals surface area contributed by atoms with Crippen molar-refractivity contribution in [3.05, 3.63) is 101 Å². The average Bonchev–Trinajstić information content (AvgIpc) is 1.55. The number of ether oxygens (including phenoxy) is 13. The van der Waals surface area contributed by atoms with E-state index >= 15 is 14.4 Å². The van der Waals surface area contributed by atoms with Crippen molar-refractivity contribution in [2.75, 3.05) is 110 Å². The largest absolute Gasteiger partial charge is 0.780 e. The van der Waals surface area contributed by atoms with Gasteiger partial charge in [-0.15, -0.1) is 0 Å². The highest BCUT2D eigenvalue weighted by Crippen LogP contribution is 2.60. The van der Waals surface area contributed by atoms with E-state index < -0.39 is 215 Å². The van der Waals surface area contributed by atoms with Crippen molar-refractivity contribution in [1.82, 2.24) is 77.7 Å². The number of methoxy groups -OCH3 is 3. The molecule has 59 heteroatoms. The second-order valence-corrected chi connectivity index (χ2v) is 40.0. The molecule has 12 N–H and O–H groups in total. The Morgan fingerprint density at radius 1 is 0.520 bits per heavy atom. The molecule has 8 aromatic heterocycles. The van der Waals surface area contributed by atoms with Gasteiger partial charge in [0.25, 0.3) is 16.7 Å². The Kier molecular flexibility index (Phi) is 26.9. The van der Waals surface area contributed by atoms with E-state index in [0.29, 0.717) is 0 Å². The lowest BCUT2D eigenvalue weighted by molar-refractivity contribution is -0.244. The van der Waals surface area contributed by atoms with Gasteiger partial charge < -0.3 is 153 Å². The summed E-state index contributed by atoms with van der Waals surface area (Å²) < 4.78 is 151. The molecule has 0 aromatic carbocycles. The molecular weight excluding hydrogens is 1800 g/mol. The molecule has 15 heterocycles. The minimum absolute atomic E-state index is 0.0249. The second kappa shape index (κ2) is 36.2. The third kappa shape index (κ3) is 18.0. The zero-order valence-corrected chi connectivity index (χ0v) is 72.9. The number of imidazole rings is 3. The number of anilines is 4. The Morgan fingerprint density at radius 3 is 1.56 bits per heavy atom. The normalized spacial score (nSPS) is 32.5. The van der Waals surface area contributed by atoms with E-state index in [1.54, 1.807) is 13.8 Å². The highest BCUT2D eigenvalue weighted by molar-refractivity contribution is 8.32. The maximum absolute atomic E-state index is 15.5. The number of H-pyrrole nitrogens is 3. The number of aryl methyl sites for hydroxylation is 2. The van der Waals surface area contributed by atoms with Gasteiger partial charge in [-0.05, 0) is 34.1 Å². The van der Waals surface area contributed by atoms with Crippen LogP contribution in [0.2, 0.25) is 0 Å². The first-order valence-electron chi connectivity index (χ1n) is 37.7. The van der Waals surface area contributed by atoms with Gasteiger partial charge in [-0.25, -0.2) is 34.5 Å². The summed E-state index contributed by atoms with van der Waals surface area (Å²) >= 11 is 22.7. The summed E-state index contributed by atoms with van der Waals surface area (Å²) in [7, 11) is 4.16. The Balaban J connectivity index is 0.718. The minimum Gasteiger partial charge on any atom is -0.780 e. The van der Waals surface area contributed by atoms with E-state index in [2.05, 4.69) is 54.8 Å². The molecule has 4 bridgehead atoms. The number of rotatable bonds is 38. The number of nitrogens with two attached hydrogens (primary N) is 4. The van der Waals surface area contributed by atoms with Gasteiger partial charge in [-0.1, -0.05) is 42.3 Å². The van der Waals surface area contributed by atoms with Crippen LogP contribution in [0.3, 0.4) is 0 Å². The van der Waals surface area contributed by atoms with Gasteiger partial charge in [0, 0.05) is 44.8 Å². The molecule has 26 atom stereocenters. The van der Waals surface area contributed by atoms with Crippen LogP contribution in [0.4, 0.5) is 23.5 Å². The molecule has 0 radical (unpaired) electrons. The summed E-state index contributed by atoms with van der Waals surface area (Å²) in [4.78, 5) is 153. The molecule has 8 aromatic rings. The zero-order valence-electron chi connectivity index (χ0n) is 66.0. The highest BCUT2D eigenvalue weighted by Gasteiger charge is 2.70. The third-order valence-electron chi connectivity index (χ3n) is 21.6. The van der Waals surface area contributed by atoms with Crippen LogP contribution in [0, 0.1) is 13.8 Å². The number of hydrogen-bond acceptors (Lipinski definition) is 47. The van der Waals surface area contributed by atoms with Crippen molar-refractivity contribution in [2.24, 2.45) is 0 Å². The fourth-order valence-electron chi connectivity index (χ4n) is 15.6. The summed E-state index contributed by atoms with van der Waals surface area (Å²) in [6.45, 7) is -17.2. The third-order valence-corrected chi connectivity index (χ3v) is 27.8. The predicted molar refractivity (Wildman–Crippen MR) is 427 cm³/mol. The van der Waals surface area contributed by atoms with Crippen LogP contribution in [0.1, 0.15) is 69.5 Å². The molecule has 7 aliphatic rings. The van der Waals surface area contributed by atoms with Crippen molar-refractivity contribution in [3.8, 4) is 0 Å². The van der Waals surface area contributed by atoms with Crippen molar-refractivity contribution in [1.29, 1.82) is 0 Å². The number of aromatic nitrogens is 16. The number of fused-ring (bicyclic) bond motifs is 7. The lowest BCUT2D eigenvalue weighted by Crippen LogP contribution is -2.52. The van der Waals surface area contributed by atoms with E-state index in [0.717, 1.165) is 21.7 Å². The highest BCUT2D eigenvalue weighted by atomic mass is 32.7. The average molecular weight is 1880 g/mol. The number of nitrogen functional groups attached to an aromatic ring is 4. The van der Waals surface area contributed by atoms with Crippen LogP contribution in [0.25, 0.3) is 33.5 Å². The SMILES string of the molecule is CC[C@H]1O[C@@H](n2cnc3c(N)ncnc32)[C@@H](OCCOC)C1OP([O-])(=S)OC[C@H]1O[C@@H](n2cnc3c(=O)[nH]c(N)nc32)[C@@H](OCCOC)C1OP(=O)([S-])OC[C@H]1O[C@@H](n2cc(C)c(=O)[nH]c2=O)[C@@H](OCCOC)C1OP([O-])(=S)OC[C@]12O[C@@H](n3cc(C)c(N)nc3=O)[C@@H](O[C@H]1C)C2OP([O-])(=S)OC[C@]12O[C@@H](n3cnc4c(=O)[nH]c(N)nc43)[C@@H](O[C@H]1C)C2O. The molecule has 7 saturated heterocycles. The molecule has 674 valence electrons. The number of nitrogens with one attached hydrogen (secondary N) is 3. The van der Waals surface area contributed by atoms with Gasteiger partial charge in [0.05, 0.1) is 103 Å². The van der Waals surface area contributed by atoms with Crippen LogP contribution >= 0.6 is 27.0 Å². The summed E-state index contributed by atoms with van der Waals surface area (Å²) in [6, 6.07) is 0. The number of aliphatic hydroxyl groups is 1. The molecular formula is C64H84N20O31P4S4-4. The number of aromatic amines is 3. The fourth-order valence-corrected chi connectivity index (χ4v) is 21.3. The fraction of sp³-hybridized carbons (Fsp3) is 0.641. The lowest BCUT2D eigenvalue weighted by atomic mass is 9.94. The topological polar surface area (TPSA) is 665 Å². The minimum atomic E-state index is -5.27. The molecule has 0 spiro atoms. The number of nitrogens with zero attached hydrogens (tertiary/aromatic N) is 13. The quantitative estimate of drug-likeness (QED) is 0.0106. The van der Waals surface area contributed by atoms with E-state index in [9.17, 15) is 34.0 Å². The number of hydrogen-bond donors (Lipinski definition) is 8. The first-order chi connectivity index (χ1) is 58.4. The summed E-state index contributed by atoms with van der Waals surface area (Å²) in [6.07, 6.45) is -21.3. The Labute approximate surface area is 713 Å². The molecule has 0 amide bonds. The van der Waals surface area contributed by atoms with E-state index in [4.69, 9.17) is 168 Å². The van der Waals surface area contributed by atoms with Crippen LogP contribution in [0.5, 0.6) is 0 Å². The van der Waals surface area contributed by atoms with Crippen LogP contribution in [-0.4, -0.2) is 273 Å². The van der Waals surface area contributed by atoms with Crippen molar-refractivity contribution in [3.63, 3.8) is 0 Å². The Bertz CT molecular complexity index is 5780. The van der Waals surface area contributed by atoms with Gasteiger partial charge in [0.1, 0.15) is 122 Å². The van der Waals surface area contributed by atoms with E-state index in [1.807, 2.05) is 0 Å². The maximum atomic E-state index is 15.5. The Morgan fingerprint density at radius 2 is 0.984 bits per heavy atom. The summed E-state index contributed by atoms with van der Waals surface area (Å²) in [5.41, 5.74) is 16.1. The predicted octanol–water partition coefficient (Wildman–Crippen LogP) is -3.47. The summed E-state index contributed by atoms with van der Waals surface area (Å²) in [5.74, 6) is -0.675. The zero-order chi connectivity index (χ0) is 87.9. The standard InChI is InChI=1S/C64H88N20O31P4S4/c1-9-30-36(39(98-13-10-95-6)55(107-30)82-23-71-33-47(66)69-22-70-48(33)82)112-116(91,120)101-19-32-38(41(100-15-12-97-8)56(109-32)83-24-72-34-49(83)75-59(67)77-52(34)87)113-117(92,121)102-18-31-37(40(99-14-11-96-7)54(108-31)80-17-27(3)51(86)79-62(80)90)114-118(93,122)104-21-64-29(5)106-43(58(111-64)81-16-26(2)46(65)74-61(81)89)45(64)115-119(94,123)103-20-63-28(4)105-42(44(63)85)57(110-63)84-25-73-35-50(84)76-60(68)78-53(35)88/h16-17,22-25,28-32,36-45,54-58,85H,9-15,18-21H2,1-8H3,(H,91,120)(H,92,121)(H,93,122)(H,94,123)(H2,65,74,89)(H2,66,69,70)(H,79,86,90)(H3,67,75,77,87)(H3,68,76,78,88)/p-4/t28-,29-,30+,31+,32+,36?,37?,38?,39-,40-,41-,42-,43-,44?,45?,54+,55+,56+,57+,58+,63-,64-,116?,117?,118?,119?/m0/s1. The lowest BCUT2D eigenvalue weighted by Gasteiger charge is -2.42. The molecule has 51 nitrogen and oxygen atoms in total. The first-order valence-corrected chi connectivity index (χ1v) is 47.9. The molecule has 15 rings (SSSR count). The molecule has 7 aliphatic heterocycles. The van der Waals surface area contributed by atoms with Crippen LogP contribution in [0.15, 0.2) is 61.7 Å². The van der Waals surface area contributed by atoms with Gasteiger partial charge >= 0.3 is 11.4 Å².